The van der Waals surface area contributed by atoms with E-state index in [0.717, 1.165) is 37.5 Å². The summed E-state index contributed by atoms with van der Waals surface area (Å²) in [5.41, 5.74) is 3.58. The molecule has 0 unspecified atom stereocenters. The van der Waals surface area contributed by atoms with Crippen molar-refractivity contribution in [2.45, 2.75) is 19.8 Å². The Morgan fingerprint density at radius 1 is 1.12 bits per heavy atom. The Bertz CT molecular complexity index is 712. The highest BCUT2D eigenvalue weighted by Crippen LogP contribution is 2.27. The van der Waals surface area contributed by atoms with Crippen molar-refractivity contribution in [3.05, 3.63) is 59.7 Å². The summed E-state index contributed by atoms with van der Waals surface area (Å²) in [5.74, 6) is 1.10. The fourth-order valence-electron chi connectivity index (χ4n) is 3.08. The van der Waals surface area contributed by atoms with Gasteiger partial charge in [-0.05, 0) is 44.2 Å². The number of para-hydroxylation sites is 1. The number of hydrogen-bond acceptors (Lipinski definition) is 3. The monoisotopic (exact) mass is 338 g/mol. The van der Waals surface area contributed by atoms with Gasteiger partial charge >= 0.3 is 0 Å². The van der Waals surface area contributed by atoms with Crippen molar-refractivity contribution >= 4 is 11.6 Å². The average Bonchev–Trinajstić information content (AvgIpc) is 3.05. The lowest BCUT2D eigenvalue weighted by Gasteiger charge is -2.20. The van der Waals surface area contributed by atoms with Gasteiger partial charge in [0, 0.05) is 31.7 Å². The quantitative estimate of drug-likeness (QED) is 0.777. The van der Waals surface area contributed by atoms with Gasteiger partial charge in [-0.25, -0.2) is 0 Å². The first kappa shape index (κ1) is 17.5. The summed E-state index contributed by atoms with van der Waals surface area (Å²) in [5, 5.41) is 0. The molecule has 0 saturated carbocycles. The minimum Gasteiger partial charge on any atom is -0.492 e. The van der Waals surface area contributed by atoms with E-state index in [2.05, 4.69) is 17.9 Å². The standard InChI is InChI=1S/C21H26N2O2/c1-17-7-9-19(10-8-17)25-16-15-22(2)13-12-21(24)23-14-11-18-5-3-4-6-20(18)23/h3-10H,11-16H2,1-2H3. The predicted molar refractivity (Wildman–Crippen MR) is 101 cm³/mol. The third-order valence-electron chi connectivity index (χ3n) is 4.66. The van der Waals surface area contributed by atoms with Crippen LogP contribution in [0.15, 0.2) is 48.5 Å². The number of likely N-dealkylation sites (N-methyl/N-ethyl adjacent to an activating group) is 1. The zero-order valence-electron chi connectivity index (χ0n) is 15.1. The Kier molecular flexibility index (Phi) is 5.71. The Morgan fingerprint density at radius 3 is 2.68 bits per heavy atom. The molecule has 4 heteroatoms. The number of benzene rings is 2. The predicted octanol–water partition coefficient (Wildman–Crippen LogP) is 3.29. The van der Waals surface area contributed by atoms with E-state index < -0.39 is 0 Å². The molecular formula is C21H26N2O2. The van der Waals surface area contributed by atoms with E-state index in [4.69, 9.17) is 4.74 Å². The van der Waals surface area contributed by atoms with Crippen LogP contribution in [0, 0.1) is 6.92 Å². The Morgan fingerprint density at radius 2 is 1.88 bits per heavy atom. The first-order chi connectivity index (χ1) is 12.1. The third-order valence-corrected chi connectivity index (χ3v) is 4.66. The van der Waals surface area contributed by atoms with Crippen molar-refractivity contribution < 1.29 is 9.53 Å². The molecule has 4 nitrogen and oxygen atoms in total. The first-order valence-electron chi connectivity index (χ1n) is 8.90. The lowest BCUT2D eigenvalue weighted by molar-refractivity contribution is -0.118. The summed E-state index contributed by atoms with van der Waals surface area (Å²) >= 11 is 0. The minimum absolute atomic E-state index is 0.205. The second-order valence-corrected chi connectivity index (χ2v) is 6.64. The van der Waals surface area contributed by atoms with Crippen LogP contribution in [-0.4, -0.2) is 44.1 Å². The van der Waals surface area contributed by atoms with E-state index in [0.29, 0.717) is 13.0 Å². The zero-order valence-corrected chi connectivity index (χ0v) is 15.1. The number of nitrogens with zero attached hydrogens (tertiary/aromatic N) is 2. The van der Waals surface area contributed by atoms with Crippen LogP contribution in [0.3, 0.4) is 0 Å². The molecule has 1 aliphatic rings. The smallest absolute Gasteiger partial charge is 0.228 e. The second-order valence-electron chi connectivity index (χ2n) is 6.64. The molecule has 2 aromatic carbocycles. The summed E-state index contributed by atoms with van der Waals surface area (Å²) in [6.45, 7) is 5.04. The molecule has 1 heterocycles. The molecular weight excluding hydrogens is 312 g/mol. The highest BCUT2D eigenvalue weighted by Gasteiger charge is 2.23. The van der Waals surface area contributed by atoms with E-state index in [1.165, 1.54) is 11.1 Å². The van der Waals surface area contributed by atoms with Gasteiger partial charge in [0.1, 0.15) is 12.4 Å². The van der Waals surface area contributed by atoms with Crippen molar-refractivity contribution in [2.75, 3.05) is 38.2 Å². The number of carbonyl (C=O) groups is 1. The van der Waals surface area contributed by atoms with Crippen molar-refractivity contribution in [2.24, 2.45) is 0 Å². The van der Waals surface area contributed by atoms with E-state index >= 15 is 0 Å². The molecule has 0 saturated heterocycles. The van der Waals surface area contributed by atoms with Crippen LogP contribution in [-0.2, 0) is 11.2 Å². The van der Waals surface area contributed by atoms with Gasteiger partial charge in [0.15, 0.2) is 0 Å². The van der Waals surface area contributed by atoms with Gasteiger partial charge in [-0.15, -0.1) is 0 Å². The van der Waals surface area contributed by atoms with Gasteiger partial charge in [-0.1, -0.05) is 35.9 Å². The Labute approximate surface area is 150 Å². The van der Waals surface area contributed by atoms with Gasteiger partial charge in [0.25, 0.3) is 0 Å². The van der Waals surface area contributed by atoms with Gasteiger partial charge in [0.2, 0.25) is 5.91 Å². The van der Waals surface area contributed by atoms with Crippen molar-refractivity contribution in [3.63, 3.8) is 0 Å². The fourth-order valence-corrected chi connectivity index (χ4v) is 3.08. The van der Waals surface area contributed by atoms with Crippen LogP contribution >= 0.6 is 0 Å². The molecule has 0 N–H and O–H groups in total. The molecule has 0 atom stereocenters. The van der Waals surface area contributed by atoms with E-state index in [1.54, 1.807) is 0 Å². The molecule has 132 valence electrons. The summed E-state index contributed by atoms with van der Waals surface area (Å²) < 4.78 is 5.75. The Balaban J connectivity index is 1.39. The molecule has 25 heavy (non-hydrogen) atoms. The summed E-state index contributed by atoms with van der Waals surface area (Å²) in [6.07, 6.45) is 1.50. The zero-order chi connectivity index (χ0) is 17.6. The van der Waals surface area contributed by atoms with Crippen molar-refractivity contribution in [1.29, 1.82) is 0 Å². The third kappa shape index (κ3) is 4.60. The second kappa shape index (κ2) is 8.17. The van der Waals surface area contributed by atoms with Gasteiger partial charge in [-0.2, -0.15) is 0 Å². The van der Waals surface area contributed by atoms with E-state index in [-0.39, 0.29) is 5.91 Å². The maximum atomic E-state index is 12.5. The summed E-state index contributed by atoms with van der Waals surface area (Å²) in [7, 11) is 2.03. The molecule has 0 aromatic heterocycles. The molecule has 0 fully saturated rings. The fraction of sp³-hybridized carbons (Fsp3) is 0.381. The number of anilines is 1. The Hall–Kier alpha value is -2.33. The molecule has 0 aliphatic carbocycles. The highest BCUT2D eigenvalue weighted by molar-refractivity contribution is 5.95. The largest absolute Gasteiger partial charge is 0.492 e. The summed E-state index contributed by atoms with van der Waals surface area (Å²) in [4.78, 5) is 16.6. The lowest BCUT2D eigenvalue weighted by atomic mass is 10.2. The SMILES string of the molecule is Cc1ccc(OCCN(C)CCC(=O)N2CCc3ccccc32)cc1. The van der Waals surface area contributed by atoms with Crippen LogP contribution in [0.4, 0.5) is 5.69 Å². The number of ether oxygens (including phenoxy) is 1. The van der Waals surface area contributed by atoms with Crippen LogP contribution in [0.25, 0.3) is 0 Å². The highest BCUT2D eigenvalue weighted by atomic mass is 16.5. The lowest BCUT2D eigenvalue weighted by Crippen LogP contribution is -2.33. The van der Waals surface area contributed by atoms with E-state index in [1.807, 2.05) is 54.4 Å². The van der Waals surface area contributed by atoms with Crippen LogP contribution in [0.1, 0.15) is 17.5 Å². The molecule has 1 aliphatic heterocycles. The maximum absolute atomic E-state index is 12.5. The number of fused-ring (bicyclic) bond motifs is 1. The van der Waals surface area contributed by atoms with E-state index in [9.17, 15) is 4.79 Å². The molecule has 0 spiro atoms. The number of aryl methyl sites for hydroxylation is 1. The molecule has 0 bridgehead atoms. The van der Waals surface area contributed by atoms with Gasteiger partial charge in [-0.3, -0.25) is 4.79 Å². The minimum atomic E-state index is 0.205. The number of hydrogen-bond donors (Lipinski definition) is 0. The van der Waals surface area contributed by atoms with Crippen molar-refractivity contribution in [3.8, 4) is 5.75 Å². The van der Waals surface area contributed by atoms with Crippen molar-refractivity contribution in [1.82, 2.24) is 4.90 Å². The maximum Gasteiger partial charge on any atom is 0.228 e. The molecule has 2 aromatic rings. The van der Waals surface area contributed by atoms with Crippen LogP contribution in [0.5, 0.6) is 5.75 Å². The average molecular weight is 338 g/mol. The van der Waals surface area contributed by atoms with Gasteiger partial charge < -0.3 is 14.5 Å². The number of carbonyl (C=O) groups excluding carboxylic acids is 1. The summed E-state index contributed by atoms with van der Waals surface area (Å²) in [6, 6.07) is 16.3. The van der Waals surface area contributed by atoms with Crippen LogP contribution < -0.4 is 9.64 Å². The topological polar surface area (TPSA) is 32.8 Å². The number of amides is 1. The number of rotatable bonds is 7. The molecule has 0 radical (unpaired) electrons. The van der Waals surface area contributed by atoms with Crippen LogP contribution in [0.2, 0.25) is 0 Å². The van der Waals surface area contributed by atoms with Gasteiger partial charge in [0.05, 0.1) is 0 Å². The normalized spacial score (nSPS) is 13.2. The molecule has 3 rings (SSSR count). The first-order valence-corrected chi connectivity index (χ1v) is 8.90. The molecule has 1 amide bonds.